The number of fused-ring (bicyclic) bond motifs is 9. The molecule has 0 aromatic rings. The normalized spacial score (nSPS) is 48.0. The second-order valence-corrected chi connectivity index (χ2v) is 14.7. The predicted molar refractivity (Wildman–Crippen MR) is 149 cm³/mol. The summed E-state index contributed by atoms with van der Waals surface area (Å²) in [6.07, 6.45) is 35.9. The first kappa shape index (κ1) is 25.2. The Hall–Kier alpha value is -0.0400. The summed E-state index contributed by atoms with van der Waals surface area (Å²) in [6.45, 7) is 2.88. The molecule has 0 radical (unpaired) electrons. The van der Waals surface area contributed by atoms with Crippen LogP contribution in [-0.2, 0) is 0 Å². The maximum atomic E-state index is 3.04. The van der Waals surface area contributed by atoms with Crippen molar-refractivity contribution in [3.05, 3.63) is 0 Å². The summed E-state index contributed by atoms with van der Waals surface area (Å²) >= 11 is 0. The molecule has 7 aliphatic rings. The molecule has 3 heterocycles. The van der Waals surface area contributed by atoms with Crippen molar-refractivity contribution in [1.29, 1.82) is 0 Å². The van der Waals surface area contributed by atoms with Crippen LogP contribution in [-0.4, -0.2) is 24.0 Å². The number of rotatable bonds is 0. The Bertz CT molecular complexity index is 635. The van der Waals surface area contributed by atoms with Gasteiger partial charge in [-0.2, -0.15) is 0 Å². The fourth-order valence-corrected chi connectivity index (χ4v) is 11.1. The Morgan fingerprint density at radius 3 is 1.74 bits per heavy atom. The molecule has 8 atom stereocenters. The quantitative estimate of drug-likeness (QED) is 0.333. The summed E-state index contributed by atoms with van der Waals surface area (Å²) < 4.78 is 0. The van der Waals surface area contributed by atoms with Crippen LogP contribution >= 0.6 is 0 Å². The molecule has 0 N–H and O–H groups in total. The highest BCUT2D eigenvalue weighted by Gasteiger charge is 2.46. The summed E-state index contributed by atoms with van der Waals surface area (Å²) in [5, 5.41) is 0. The molecule has 0 spiro atoms. The molecular formula is C34H59N. The summed E-state index contributed by atoms with van der Waals surface area (Å²) in [6, 6.07) is 0.968. The molecular weight excluding hydrogens is 422 g/mol. The molecule has 200 valence electrons. The van der Waals surface area contributed by atoms with E-state index in [-0.39, 0.29) is 0 Å². The van der Waals surface area contributed by atoms with Crippen LogP contribution < -0.4 is 0 Å². The first-order valence-electron chi connectivity index (χ1n) is 17.1. The van der Waals surface area contributed by atoms with E-state index >= 15 is 0 Å². The van der Waals surface area contributed by atoms with E-state index in [1.165, 1.54) is 70.9 Å². The van der Waals surface area contributed by atoms with Gasteiger partial charge >= 0.3 is 0 Å². The van der Waals surface area contributed by atoms with Gasteiger partial charge in [0.1, 0.15) is 0 Å². The lowest BCUT2D eigenvalue weighted by molar-refractivity contribution is 0.0484. The van der Waals surface area contributed by atoms with Gasteiger partial charge in [0, 0.05) is 6.04 Å². The minimum atomic E-state index is 0.968. The Labute approximate surface area is 219 Å². The summed E-state index contributed by atoms with van der Waals surface area (Å²) in [5.41, 5.74) is 0. The Morgan fingerprint density at radius 2 is 0.914 bits per heavy atom. The van der Waals surface area contributed by atoms with Gasteiger partial charge in [0.2, 0.25) is 0 Å². The van der Waals surface area contributed by atoms with E-state index in [0.717, 1.165) is 53.4 Å². The largest absolute Gasteiger partial charge is 0.300 e. The fourth-order valence-electron chi connectivity index (χ4n) is 11.1. The lowest BCUT2D eigenvalue weighted by Crippen LogP contribution is -2.47. The molecule has 6 bridgehead atoms. The molecule has 7 fully saturated rings. The third-order valence-corrected chi connectivity index (χ3v) is 12.9. The van der Waals surface area contributed by atoms with Crippen molar-refractivity contribution in [3.8, 4) is 0 Å². The monoisotopic (exact) mass is 481 g/mol. The Morgan fingerprint density at radius 1 is 0.343 bits per heavy atom. The second kappa shape index (κ2) is 12.2. The highest BCUT2D eigenvalue weighted by molar-refractivity contribution is 4.98. The lowest BCUT2D eigenvalue weighted by atomic mass is 9.63. The Balaban J connectivity index is 1.15. The van der Waals surface area contributed by atoms with E-state index < -0.39 is 0 Å². The standard InChI is InChI=1S/C34H59N/c1-2-4-6-12-27-13-7-8-17-32(27)29-15-9-14-28(23-29)31-24-30-16-10-18-34(33(30)25-31)35-21-19-26(20-22-35)11-5-3-1/h26-34H,1-25H2. The first-order chi connectivity index (χ1) is 17.3. The molecule has 0 aromatic heterocycles. The van der Waals surface area contributed by atoms with E-state index in [1.807, 2.05) is 0 Å². The summed E-state index contributed by atoms with van der Waals surface area (Å²) in [4.78, 5) is 3.04. The van der Waals surface area contributed by atoms with E-state index in [1.54, 1.807) is 89.9 Å². The van der Waals surface area contributed by atoms with Gasteiger partial charge in [0.25, 0.3) is 0 Å². The summed E-state index contributed by atoms with van der Waals surface area (Å²) in [7, 11) is 0. The summed E-state index contributed by atoms with van der Waals surface area (Å²) in [5.74, 6) is 8.73. The minimum Gasteiger partial charge on any atom is -0.300 e. The number of hydrogen-bond donors (Lipinski definition) is 0. The average molecular weight is 482 g/mol. The van der Waals surface area contributed by atoms with Crippen molar-refractivity contribution in [1.82, 2.24) is 4.90 Å². The fraction of sp³-hybridized carbons (Fsp3) is 1.00. The van der Waals surface area contributed by atoms with Crippen LogP contribution in [0.1, 0.15) is 148 Å². The number of nitrogens with zero attached hydrogens (tertiary/aromatic N) is 1. The zero-order chi connectivity index (χ0) is 23.5. The van der Waals surface area contributed by atoms with Gasteiger partial charge in [-0.25, -0.2) is 0 Å². The van der Waals surface area contributed by atoms with Gasteiger partial charge in [-0.15, -0.1) is 0 Å². The van der Waals surface area contributed by atoms with Gasteiger partial charge in [-0.1, -0.05) is 103 Å². The molecule has 1 nitrogen and oxygen atoms in total. The highest BCUT2D eigenvalue weighted by Crippen LogP contribution is 2.54. The van der Waals surface area contributed by atoms with Gasteiger partial charge in [-0.3, -0.25) is 0 Å². The molecule has 35 heavy (non-hydrogen) atoms. The molecule has 3 aliphatic heterocycles. The van der Waals surface area contributed by atoms with Crippen LogP contribution in [0.5, 0.6) is 0 Å². The number of hydrogen-bond acceptors (Lipinski definition) is 1. The van der Waals surface area contributed by atoms with Crippen molar-refractivity contribution in [2.24, 2.45) is 47.3 Å². The van der Waals surface area contributed by atoms with Crippen molar-refractivity contribution in [2.45, 2.75) is 154 Å². The van der Waals surface area contributed by atoms with Crippen LogP contribution in [0.4, 0.5) is 0 Å². The SMILES string of the molecule is C1CCCCC2CCCCC2C2CCCC(C2)C2CC3CCCC(C3C2)N2CCC(CCC1)CC2. The van der Waals surface area contributed by atoms with E-state index in [9.17, 15) is 0 Å². The maximum absolute atomic E-state index is 3.04. The first-order valence-corrected chi connectivity index (χ1v) is 17.1. The molecule has 4 saturated carbocycles. The van der Waals surface area contributed by atoms with Crippen molar-refractivity contribution in [2.75, 3.05) is 13.1 Å². The van der Waals surface area contributed by atoms with E-state index in [2.05, 4.69) is 4.90 Å². The molecule has 4 aliphatic carbocycles. The topological polar surface area (TPSA) is 3.24 Å². The minimum absolute atomic E-state index is 0.968. The average Bonchev–Trinajstić information content (AvgIpc) is 3.35. The van der Waals surface area contributed by atoms with Gasteiger partial charge in [0.15, 0.2) is 0 Å². The van der Waals surface area contributed by atoms with Crippen LogP contribution in [0, 0.1) is 47.3 Å². The third-order valence-electron chi connectivity index (χ3n) is 12.9. The van der Waals surface area contributed by atoms with Crippen LogP contribution in [0.2, 0.25) is 0 Å². The van der Waals surface area contributed by atoms with Crippen molar-refractivity contribution in [3.63, 3.8) is 0 Å². The van der Waals surface area contributed by atoms with Crippen LogP contribution in [0.15, 0.2) is 0 Å². The second-order valence-electron chi connectivity index (χ2n) is 14.7. The third kappa shape index (κ3) is 6.01. The van der Waals surface area contributed by atoms with E-state index in [0.29, 0.717) is 0 Å². The number of piperidine rings is 1. The Kier molecular flexibility index (Phi) is 8.81. The predicted octanol–water partition coefficient (Wildman–Crippen LogP) is 9.64. The maximum Gasteiger partial charge on any atom is 0.0126 e. The van der Waals surface area contributed by atoms with Gasteiger partial charge in [-0.05, 0) is 105 Å². The van der Waals surface area contributed by atoms with Crippen molar-refractivity contribution >= 4 is 0 Å². The molecule has 7 rings (SSSR count). The smallest absolute Gasteiger partial charge is 0.0126 e. The van der Waals surface area contributed by atoms with Crippen LogP contribution in [0.3, 0.4) is 0 Å². The molecule has 1 heteroatoms. The zero-order valence-electron chi connectivity index (χ0n) is 23.3. The zero-order valence-corrected chi connectivity index (χ0v) is 23.3. The van der Waals surface area contributed by atoms with Gasteiger partial charge in [0.05, 0.1) is 0 Å². The van der Waals surface area contributed by atoms with Crippen LogP contribution in [0.25, 0.3) is 0 Å². The highest BCUT2D eigenvalue weighted by atomic mass is 15.2. The molecule has 0 amide bonds. The van der Waals surface area contributed by atoms with Crippen molar-refractivity contribution < 1.29 is 0 Å². The molecule has 8 unspecified atom stereocenters. The molecule has 3 saturated heterocycles. The van der Waals surface area contributed by atoms with Gasteiger partial charge < -0.3 is 4.90 Å². The lowest BCUT2D eigenvalue weighted by Gasteiger charge is -2.44. The van der Waals surface area contributed by atoms with E-state index in [4.69, 9.17) is 0 Å². The molecule has 0 aromatic carbocycles.